The molecule has 19 heavy (non-hydrogen) atoms. The number of nitriles is 1. The molecule has 0 spiro atoms. The predicted octanol–water partition coefficient (Wildman–Crippen LogP) is 3.22. The zero-order valence-corrected chi connectivity index (χ0v) is 10.6. The van der Waals surface area contributed by atoms with Crippen molar-refractivity contribution in [1.82, 2.24) is 0 Å². The SMILES string of the molecule is Cc1cccc(COC(=O)c2cccc(C#N)c2)c1. The molecule has 0 N–H and O–H groups in total. The normalized spacial score (nSPS) is 9.68. The van der Waals surface area contributed by atoms with E-state index in [1.165, 1.54) is 6.07 Å². The minimum absolute atomic E-state index is 0.233. The van der Waals surface area contributed by atoms with Crippen molar-refractivity contribution < 1.29 is 9.53 Å². The summed E-state index contributed by atoms with van der Waals surface area (Å²) in [4.78, 5) is 11.8. The third-order valence-electron chi connectivity index (χ3n) is 2.68. The number of aryl methyl sites for hydroxylation is 1. The second-order valence-corrected chi connectivity index (χ2v) is 4.26. The maximum Gasteiger partial charge on any atom is 0.338 e. The van der Waals surface area contributed by atoms with E-state index in [0.29, 0.717) is 11.1 Å². The number of nitrogens with zero attached hydrogens (tertiary/aromatic N) is 1. The first-order chi connectivity index (χ1) is 9.19. The average molecular weight is 251 g/mol. The molecule has 0 atom stereocenters. The second-order valence-electron chi connectivity index (χ2n) is 4.26. The number of carbonyl (C=O) groups excluding carboxylic acids is 1. The summed E-state index contributed by atoms with van der Waals surface area (Å²) in [6.45, 7) is 2.22. The largest absolute Gasteiger partial charge is 0.457 e. The fourth-order valence-corrected chi connectivity index (χ4v) is 1.75. The smallest absolute Gasteiger partial charge is 0.338 e. The molecule has 0 aliphatic carbocycles. The van der Waals surface area contributed by atoms with Crippen molar-refractivity contribution in [2.75, 3.05) is 0 Å². The van der Waals surface area contributed by atoms with Gasteiger partial charge >= 0.3 is 5.97 Å². The van der Waals surface area contributed by atoms with Crippen LogP contribution in [0, 0.1) is 18.3 Å². The van der Waals surface area contributed by atoms with Gasteiger partial charge in [0.2, 0.25) is 0 Å². The van der Waals surface area contributed by atoms with Gasteiger partial charge in [0, 0.05) is 0 Å². The highest BCUT2D eigenvalue weighted by Crippen LogP contribution is 2.09. The number of esters is 1. The Morgan fingerprint density at radius 1 is 1.21 bits per heavy atom. The molecule has 0 radical (unpaired) electrons. The first-order valence-electron chi connectivity index (χ1n) is 5.92. The zero-order valence-electron chi connectivity index (χ0n) is 10.6. The summed E-state index contributed by atoms with van der Waals surface area (Å²) in [5, 5.41) is 8.78. The van der Waals surface area contributed by atoms with E-state index in [-0.39, 0.29) is 6.61 Å². The molecule has 0 fully saturated rings. The second kappa shape index (κ2) is 5.83. The van der Waals surface area contributed by atoms with E-state index >= 15 is 0 Å². The summed E-state index contributed by atoms with van der Waals surface area (Å²) in [6, 6.07) is 16.3. The Bertz CT molecular complexity index is 641. The van der Waals surface area contributed by atoms with Crippen LogP contribution in [0.4, 0.5) is 0 Å². The van der Waals surface area contributed by atoms with Crippen molar-refractivity contribution in [3.05, 3.63) is 70.8 Å². The number of carbonyl (C=O) groups is 1. The van der Waals surface area contributed by atoms with Gasteiger partial charge in [0.1, 0.15) is 6.61 Å². The Labute approximate surface area is 112 Å². The third-order valence-corrected chi connectivity index (χ3v) is 2.68. The predicted molar refractivity (Wildman–Crippen MR) is 71.5 cm³/mol. The number of ether oxygens (including phenoxy) is 1. The molecule has 0 aliphatic rings. The number of hydrogen-bond acceptors (Lipinski definition) is 3. The Hall–Kier alpha value is -2.60. The Morgan fingerprint density at radius 3 is 2.74 bits per heavy atom. The zero-order chi connectivity index (χ0) is 13.7. The Kier molecular flexibility index (Phi) is 3.94. The fourth-order valence-electron chi connectivity index (χ4n) is 1.75. The monoisotopic (exact) mass is 251 g/mol. The minimum Gasteiger partial charge on any atom is -0.457 e. The number of hydrogen-bond donors (Lipinski definition) is 0. The van der Waals surface area contributed by atoms with Crippen molar-refractivity contribution in [3.8, 4) is 6.07 Å². The van der Waals surface area contributed by atoms with Crippen LogP contribution in [0.1, 0.15) is 27.0 Å². The van der Waals surface area contributed by atoms with E-state index in [0.717, 1.165) is 11.1 Å². The van der Waals surface area contributed by atoms with E-state index in [1.807, 2.05) is 37.3 Å². The molecule has 2 aromatic rings. The molecule has 0 aromatic heterocycles. The molecule has 3 nitrogen and oxygen atoms in total. The molecular formula is C16H13NO2. The van der Waals surface area contributed by atoms with Crippen molar-refractivity contribution in [2.45, 2.75) is 13.5 Å². The highest BCUT2D eigenvalue weighted by molar-refractivity contribution is 5.89. The van der Waals surface area contributed by atoms with E-state index < -0.39 is 5.97 Å². The van der Waals surface area contributed by atoms with Crippen molar-refractivity contribution in [1.29, 1.82) is 5.26 Å². The molecule has 0 saturated heterocycles. The summed E-state index contributed by atoms with van der Waals surface area (Å²) in [5.74, 6) is -0.418. The summed E-state index contributed by atoms with van der Waals surface area (Å²) in [6.07, 6.45) is 0. The minimum atomic E-state index is -0.418. The van der Waals surface area contributed by atoms with Crippen LogP contribution in [0.25, 0.3) is 0 Å². The van der Waals surface area contributed by atoms with E-state index in [2.05, 4.69) is 0 Å². The fraction of sp³-hybridized carbons (Fsp3) is 0.125. The molecule has 0 aliphatic heterocycles. The summed E-state index contributed by atoms with van der Waals surface area (Å²) >= 11 is 0. The lowest BCUT2D eigenvalue weighted by Crippen LogP contribution is -2.05. The van der Waals surface area contributed by atoms with E-state index in [9.17, 15) is 4.79 Å². The van der Waals surface area contributed by atoms with Crippen LogP contribution >= 0.6 is 0 Å². The van der Waals surface area contributed by atoms with Crippen LogP contribution in [0.3, 0.4) is 0 Å². The Balaban J connectivity index is 2.03. The molecule has 0 heterocycles. The highest BCUT2D eigenvalue weighted by atomic mass is 16.5. The first-order valence-corrected chi connectivity index (χ1v) is 5.92. The topological polar surface area (TPSA) is 50.1 Å². The molecule has 0 unspecified atom stereocenters. The lowest BCUT2D eigenvalue weighted by atomic mass is 10.1. The number of benzene rings is 2. The van der Waals surface area contributed by atoms with Gasteiger partial charge < -0.3 is 4.74 Å². The molecule has 2 rings (SSSR count). The summed E-state index contributed by atoms with van der Waals surface area (Å²) in [5.41, 5.74) is 2.92. The maximum absolute atomic E-state index is 11.8. The van der Waals surface area contributed by atoms with Crippen LogP contribution in [0.5, 0.6) is 0 Å². The van der Waals surface area contributed by atoms with Crippen LogP contribution in [-0.2, 0) is 11.3 Å². The lowest BCUT2D eigenvalue weighted by Gasteiger charge is -2.05. The molecule has 0 saturated carbocycles. The number of rotatable bonds is 3. The average Bonchev–Trinajstić information content (AvgIpc) is 2.45. The van der Waals surface area contributed by atoms with Crippen LogP contribution < -0.4 is 0 Å². The van der Waals surface area contributed by atoms with Crippen LogP contribution in [-0.4, -0.2) is 5.97 Å². The molecular weight excluding hydrogens is 238 g/mol. The van der Waals surface area contributed by atoms with Crippen molar-refractivity contribution >= 4 is 5.97 Å². The van der Waals surface area contributed by atoms with Gasteiger partial charge in [-0.1, -0.05) is 35.9 Å². The van der Waals surface area contributed by atoms with Gasteiger partial charge in [-0.25, -0.2) is 4.79 Å². The van der Waals surface area contributed by atoms with E-state index in [1.54, 1.807) is 18.2 Å². The van der Waals surface area contributed by atoms with Gasteiger partial charge in [0.05, 0.1) is 17.2 Å². The van der Waals surface area contributed by atoms with Gasteiger partial charge in [0.25, 0.3) is 0 Å². The maximum atomic E-state index is 11.8. The Morgan fingerprint density at radius 2 is 2.00 bits per heavy atom. The van der Waals surface area contributed by atoms with Gasteiger partial charge in [-0.3, -0.25) is 0 Å². The molecule has 3 heteroatoms. The first kappa shape index (κ1) is 12.8. The van der Waals surface area contributed by atoms with Gasteiger partial charge in [-0.2, -0.15) is 5.26 Å². The molecule has 0 amide bonds. The lowest BCUT2D eigenvalue weighted by molar-refractivity contribution is 0.0472. The van der Waals surface area contributed by atoms with Gasteiger partial charge in [-0.05, 0) is 30.7 Å². The van der Waals surface area contributed by atoms with Gasteiger partial charge in [0.15, 0.2) is 0 Å². The standard InChI is InChI=1S/C16H13NO2/c1-12-4-2-6-14(8-12)11-19-16(18)15-7-3-5-13(9-15)10-17/h2-9H,11H2,1H3. The summed E-state index contributed by atoms with van der Waals surface area (Å²) < 4.78 is 5.22. The van der Waals surface area contributed by atoms with Gasteiger partial charge in [-0.15, -0.1) is 0 Å². The highest BCUT2D eigenvalue weighted by Gasteiger charge is 2.08. The van der Waals surface area contributed by atoms with Crippen molar-refractivity contribution in [3.63, 3.8) is 0 Å². The van der Waals surface area contributed by atoms with Crippen LogP contribution in [0.15, 0.2) is 48.5 Å². The molecule has 2 aromatic carbocycles. The summed E-state index contributed by atoms with van der Waals surface area (Å²) in [7, 11) is 0. The molecule has 94 valence electrons. The third kappa shape index (κ3) is 3.43. The molecule has 0 bridgehead atoms. The van der Waals surface area contributed by atoms with Crippen LogP contribution in [0.2, 0.25) is 0 Å². The van der Waals surface area contributed by atoms with Crippen molar-refractivity contribution in [2.24, 2.45) is 0 Å². The van der Waals surface area contributed by atoms with E-state index in [4.69, 9.17) is 10.00 Å². The quantitative estimate of drug-likeness (QED) is 0.787.